The number of carbonyl (C=O) groups is 3. The maximum atomic E-state index is 13.1. The van der Waals surface area contributed by atoms with Crippen molar-refractivity contribution < 1.29 is 14.4 Å². The highest BCUT2D eigenvalue weighted by molar-refractivity contribution is 6.68. The Bertz CT molecular complexity index is 1370. The van der Waals surface area contributed by atoms with Gasteiger partial charge in [-0.2, -0.15) is 0 Å². The van der Waals surface area contributed by atoms with Crippen LogP contribution in [0.1, 0.15) is 65.6 Å². The minimum Gasteiger partial charge on any atom is -0.322 e. The first-order valence-corrected chi connectivity index (χ1v) is 13.5. The highest BCUT2D eigenvalue weighted by Crippen LogP contribution is 2.32. The van der Waals surface area contributed by atoms with E-state index in [0.29, 0.717) is 18.5 Å². The van der Waals surface area contributed by atoms with Crippen molar-refractivity contribution in [2.24, 2.45) is 5.92 Å². The summed E-state index contributed by atoms with van der Waals surface area (Å²) in [5.41, 5.74) is 3.19. The minimum atomic E-state index is -1.61. The first kappa shape index (κ1) is 29.0. The maximum Gasteiger partial charge on any atom is 0.255 e. The summed E-state index contributed by atoms with van der Waals surface area (Å²) in [5.74, 6) is -0.739. The quantitative estimate of drug-likeness (QED) is 0.307. The van der Waals surface area contributed by atoms with Crippen LogP contribution in [-0.4, -0.2) is 89.6 Å². The number of benzene rings is 2. The van der Waals surface area contributed by atoms with Crippen molar-refractivity contribution in [2.75, 3.05) is 0 Å². The van der Waals surface area contributed by atoms with Gasteiger partial charge >= 0.3 is 0 Å². The van der Waals surface area contributed by atoms with Gasteiger partial charge in [0.25, 0.3) is 5.91 Å². The van der Waals surface area contributed by atoms with Gasteiger partial charge in [-0.25, -0.2) is 0 Å². The molecule has 186 valence electrons. The van der Waals surface area contributed by atoms with Crippen LogP contribution < -0.4 is 37.9 Å². The Morgan fingerprint density at radius 1 is 0.900 bits per heavy atom. The Morgan fingerprint density at radius 2 is 1.55 bits per heavy atom. The smallest absolute Gasteiger partial charge is 0.255 e. The Labute approximate surface area is 244 Å². The first-order chi connectivity index (χ1) is 18.9. The lowest BCUT2D eigenvalue weighted by Gasteiger charge is -2.42. The van der Waals surface area contributed by atoms with Gasteiger partial charge in [0.15, 0.2) is 0 Å². The molecule has 14 radical (unpaired) electrons. The number of nitrogens with zero attached hydrogens (tertiary/aromatic N) is 1. The third-order valence-corrected chi connectivity index (χ3v) is 8.53. The molecule has 3 aliphatic rings. The normalized spacial score (nSPS) is 23.2. The van der Waals surface area contributed by atoms with Gasteiger partial charge in [0, 0.05) is 24.6 Å². The first-order valence-electron chi connectivity index (χ1n) is 13.5. The van der Waals surface area contributed by atoms with E-state index in [1.54, 1.807) is 4.90 Å². The van der Waals surface area contributed by atoms with Crippen molar-refractivity contribution in [3.8, 4) is 0 Å². The molecule has 1 unspecified atom stereocenters. The number of imide groups is 1. The molecule has 2 heterocycles. The molecule has 2 aromatic carbocycles. The second-order valence-electron chi connectivity index (χ2n) is 11.2. The van der Waals surface area contributed by atoms with Crippen molar-refractivity contribution in [1.82, 2.24) is 15.5 Å². The zero-order chi connectivity index (χ0) is 28.9. The Balaban J connectivity index is 1.33. The molecule has 2 aromatic rings. The number of amides is 3. The summed E-state index contributed by atoms with van der Waals surface area (Å²) in [6, 6.07) is 5.09. The van der Waals surface area contributed by atoms with Crippen molar-refractivity contribution in [1.29, 1.82) is 0 Å². The molecule has 6 nitrogen and oxygen atoms in total. The van der Waals surface area contributed by atoms with Crippen LogP contribution in [0.15, 0.2) is 18.2 Å². The molecule has 5 rings (SSSR count). The van der Waals surface area contributed by atoms with E-state index in [1.165, 1.54) is 0 Å². The second-order valence-corrected chi connectivity index (χ2v) is 11.2. The molecule has 1 saturated heterocycles. The largest absolute Gasteiger partial charge is 0.322 e. The predicted molar refractivity (Wildman–Crippen MR) is 162 cm³/mol. The van der Waals surface area contributed by atoms with Gasteiger partial charge in [-0.15, -0.1) is 27.3 Å². The third-order valence-electron chi connectivity index (χ3n) is 8.53. The molecule has 40 heavy (non-hydrogen) atoms. The number of rotatable bonds is 6. The van der Waals surface area contributed by atoms with Gasteiger partial charge < -0.3 is 10.2 Å². The average Bonchev–Trinajstić information content (AvgIpc) is 3.22. The summed E-state index contributed by atoms with van der Waals surface area (Å²) in [5, 5.41) is 4.09. The van der Waals surface area contributed by atoms with Crippen molar-refractivity contribution >= 4 is 100.0 Å². The number of carbonyl (C=O) groups excluding carboxylic acids is 3. The zero-order valence-electron chi connectivity index (χ0n) is 22.3. The topological polar surface area (TPSA) is 78.5 Å². The molecule has 2 N–H and O–H groups in total. The van der Waals surface area contributed by atoms with Crippen molar-refractivity contribution in [2.45, 2.75) is 68.9 Å². The molecule has 1 saturated carbocycles. The molecular formula is C27H24B7N3O3. The van der Waals surface area contributed by atoms with Gasteiger partial charge in [0.2, 0.25) is 11.8 Å². The van der Waals surface area contributed by atoms with E-state index in [9.17, 15) is 14.4 Å². The summed E-state index contributed by atoms with van der Waals surface area (Å²) in [6.45, 7) is 0.327. The highest BCUT2D eigenvalue weighted by atomic mass is 16.2. The Kier molecular flexibility index (Phi) is 7.99. The van der Waals surface area contributed by atoms with E-state index in [4.69, 9.17) is 54.9 Å². The Hall–Kier alpha value is -2.54. The van der Waals surface area contributed by atoms with Crippen LogP contribution in [0.25, 0.3) is 0 Å². The summed E-state index contributed by atoms with van der Waals surface area (Å²) in [7, 11) is 43.6. The second kappa shape index (κ2) is 11.0. The summed E-state index contributed by atoms with van der Waals surface area (Å²) in [6.07, 6.45) is 5.12. The van der Waals surface area contributed by atoms with E-state index in [0.717, 1.165) is 43.2 Å². The molecule has 1 aliphatic carbocycles. The van der Waals surface area contributed by atoms with Crippen LogP contribution >= 0.6 is 0 Å². The van der Waals surface area contributed by atoms with Crippen molar-refractivity contribution in [3.05, 3.63) is 40.5 Å². The van der Waals surface area contributed by atoms with Gasteiger partial charge in [-0.3, -0.25) is 19.7 Å². The molecule has 0 bridgehead atoms. The lowest BCUT2D eigenvalue weighted by molar-refractivity contribution is -0.136. The van der Waals surface area contributed by atoms with E-state index >= 15 is 0 Å². The van der Waals surface area contributed by atoms with Crippen LogP contribution in [0, 0.1) is 5.92 Å². The average molecular weight is 514 g/mol. The third kappa shape index (κ3) is 5.26. The number of piperidine rings is 1. The summed E-state index contributed by atoms with van der Waals surface area (Å²) >= 11 is 0. The number of fused-ring (bicyclic) bond motifs is 1. The van der Waals surface area contributed by atoms with Gasteiger partial charge in [0.1, 0.15) is 45.3 Å². The number of nitrogens with one attached hydrogen (secondary N) is 2. The van der Waals surface area contributed by atoms with Crippen LogP contribution in [0.3, 0.4) is 0 Å². The molecule has 0 spiro atoms. The van der Waals surface area contributed by atoms with Gasteiger partial charge in [-0.05, 0) is 54.1 Å². The van der Waals surface area contributed by atoms with E-state index < -0.39 is 17.3 Å². The maximum absolute atomic E-state index is 13.1. The van der Waals surface area contributed by atoms with Crippen LogP contribution in [0.5, 0.6) is 0 Å². The molecule has 3 atom stereocenters. The van der Waals surface area contributed by atoms with E-state index in [-0.39, 0.29) is 63.1 Å². The van der Waals surface area contributed by atoms with E-state index in [2.05, 4.69) is 10.6 Å². The fourth-order valence-corrected chi connectivity index (χ4v) is 6.37. The minimum absolute atomic E-state index is 0.0580. The Morgan fingerprint density at radius 3 is 2.23 bits per heavy atom. The van der Waals surface area contributed by atoms with Crippen LogP contribution in [-0.2, 0) is 27.9 Å². The molecular weight excluding hydrogens is 490 g/mol. The summed E-state index contributed by atoms with van der Waals surface area (Å²) in [4.78, 5) is 38.6. The standard InChI is InChI=1S/C27H24B7N3O3/c28-20-19(21(29)23(31)24(32)22(20)30)27(33,34)36-16-4-2-1-3-13(16)9-12-5-6-15-14(10-12)11-37(26(15)40)17-7-8-18(38)35-25(17)39/h5-6,10,13,16-17,36H,1-4,7-9,11H2,(H,35,38,39)/t13-,16+,17?/m1/s1. The monoisotopic (exact) mass is 515 g/mol. The van der Waals surface area contributed by atoms with Crippen LogP contribution in [0.2, 0.25) is 0 Å². The molecule has 2 aliphatic heterocycles. The molecule has 0 aromatic heterocycles. The zero-order valence-corrected chi connectivity index (χ0v) is 22.3. The molecule has 13 heteroatoms. The lowest BCUT2D eigenvalue weighted by Crippen LogP contribution is -2.63. The van der Waals surface area contributed by atoms with Gasteiger partial charge in [-0.1, -0.05) is 30.5 Å². The fourth-order valence-electron chi connectivity index (χ4n) is 6.37. The number of hydrogen-bond donors (Lipinski definition) is 2. The molecule has 2 fully saturated rings. The predicted octanol–water partition coefficient (Wildman–Crippen LogP) is -3.74. The lowest BCUT2D eigenvalue weighted by atomic mass is 9.49. The van der Waals surface area contributed by atoms with Crippen molar-refractivity contribution in [3.63, 3.8) is 0 Å². The van der Waals surface area contributed by atoms with Gasteiger partial charge in [0.05, 0.1) is 15.7 Å². The molecule has 3 amide bonds. The SMILES string of the molecule is [B]c1c([B])c([B])c(C([B])([B])N[C@H]2CCCC[C@@H]2Cc2ccc3c(c2)CN(C2CCC(=O)NC2=O)C3=O)c([B])c1[B]. The number of hydrogen-bond acceptors (Lipinski definition) is 4. The highest BCUT2D eigenvalue weighted by Gasteiger charge is 2.39. The van der Waals surface area contributed by atoms with Crippen LogP contribution in [0.4, 0.5) is 0 Å². The van der Waals surface area contributed by atoms with E-state index in [1.807, 2.05) is 18.2 Å². The summed E-state index contributed by atoms with van der Waals surface area (Å²) < 4.78 is 0. The fraction of sp³-hybridized carbons (Fsp3) is 0.444.